The number of anilines is 1. The lowest BCUT2D eigenvalue weighted by molar-refractivity contribution is -0.142. The second-order valence-corrected chi connectivity index (χ2v) is 9.17. The molecule has 0 spiro atoms. The number of aromatic nitrogens is 3. The van der Waals surface area contributed by atoms with Crippen molar-refractivity contribution in [3.05, 3.63) is 76.5 Å². The van der Waals surface area contributed by atoms with Gasteiger partial charge in [-0.15, -0.1) is 0 Å². The number of halogens is 4. The largest absolute Gasteiger partial charge is 0.433 e. The molecule has 0 aliphatic heterocycles. The number of sulfonamides is 1. The van der Waals surface area contributed by atoms with E-state index < -0.39 is 27.8 Å². The van der Waals surface area contributed by atoms with Crippen LogP contribution in [0.4, 0.5) is 18.9 Å². The van der Waals surface area contributed by atoms with Crippen molar-refractivity contribution in [2.75, 3.05) is 5.32 Å². The van der Waals surface area contributed by atoms with Crippen LogP contribution in [0.3, 0.4) is 0 Å². The summed E-state index contributed by atoms with van der Waals surface area (Å²) in [6.07, 6.45) is -4.77. The number of benzene rings is 2. The number of hydrogen-bond donors (Lipinski definition) is 2. The summed E-state index contributed by atoms with van der Waals surface area (Å²) in [4.78, 5) is 16.8. The van der Waals surface area contributed by atoms with Crippen molar-refractivity contribution in [2.45, 2.75) is 11.1 Å². The lowest BCUT2D eigenvalue weighted by Gasteiger charge is -2.11. The zero-order valence-corrected chi connectivity index (χ0v) is 18.7. The Morgan fingerprint density at radius 1 is 1.06 bits per heavy atom. The van der Waals surface area contributed by atoms with Gasteiger partial charge in [0.15, 0.2) is 17.0 Å². The molecular weight excluding hydrogens is 527 g/mol. The van der Waals surface area contributed by atoms with Crippen LogP contribution in [-0.4, -0.2) is 28.9 Å². The Labute approximate surface area is 193 Å². The standard InChI is InChI=1S/C20H13BrF3N5O3S/c21-16-17(19(30)26-12-6-8-13(9-7-12)33(25,31)32)28-29-15(20(22,23)24)10-14(27-18(16)29)11-4-2-1-3-5-11/h1-10H,(H,26,30)(H2,25,31,32). The van der Waals surface area contributed by atoms with E-state index in [1.807, 2.05) is 0 Å². The normalized spacial score (nSPS) is 12.2. The Morgan fingerprint density at radius 2 is 1.70 bits per heavy atom. The molecule has 1 amide bonds. The number of nitrogens with zero attached hydrogens (tertiary/aromatic N) is 3. The Morgan fingerprint density at radius 3 is 2.27 bits per heavy atom. The molecule has 4 rings (SSSR count). The predicted octanol–water partition coefficient (Wildman–Crippen LogP) is 4.08. The highest BCUT2D eigenvalue weighted by molar-refractivity contribution is 9.10. The Kier molecular flexibility index (Phi) is 5.72. The maximum atomic E-state index is 13.8. The van der Waals surface area contributed by atoms with Gasteiger partial charge in [-0.3, -0.25) is 4.79 Å². The van der Waals surface area contributed by atoms with Crippen molar-refractivity contribution >= 4 is 43.2 Å². The van der Waals surface area contributed by atoms with Gasteiger partial charge in [0.2, 0.25) is 10.0 Å². The third-order valence-electron chi connectivity index (χ3n) is 4.55. The summed E-state index contributed by atoms with van der Waals surface area (Å²) in [5.74, 6) is -0.829. The fourth-order valence-electron chi connectivity index (χ4n) is 3.01. The van der Waals surface area contributed by atoms with Gasteiger partial charge in [0, 0.05) is 11.3 Å². The fraction of sp³-hybridized carbons (Fsp3) is 0.0500. The number of carbonyl (C=O) groups excluding carboxylic acids is 1. The summed E-state index contributed by atoms with van der Waals surface area (Å²) < 4.78 is 64.5. The summed E-state index contributed by atoms with van der Waals surface area (Å²) in [5.41, 5.74) is -0.942. The van der Waals surface area contributed by atoms with E-state index in [-0.39, 0.29) is 32.1 Å². The van der Waals surface area contributed by atoms with Gasteiger partial charge in [-0.2, -0.15) is 18.3 Å². The average Bonchev–Trinajstić information content (AvgIpc) is 3.09. The van der Waals surface area contributed by atoms with Crippen molar-refractivity contribution in [1.82, 2.24) is 14.6 Å². The van der Waals surface area contributed by atoms with E-state index in [9.17, 15) is 26.4 Å². The molecule has 0 bridgehead atoms. The van der Waals surface area contributed by atoms with Crippen LogP contribution < -0.4 is 10.5 Å². The smallest absolute Gasteiger partial charge is 0.321 e. The van der Waals surface area contributed by atoms with E-state index in [1.165, 1.54) is 24.3 Å². The zero-order chi connectivity index (χ0) is 24.0. The number of alkyl halides is 3. The summed E-state index contributed by atoms with van der Waals surface area (Å²) in [5, 5.41) is 11.3. The number of nitrogens with one attached hydrogen (secondary N) is 1. The van der Waals surface area contributed by atoms with Crippen LogP contribution >= 0.6 is 15.9 Å². The first kappa shape index (κ1) is 22.9. The Bertz CT molecular complexity index is 1470. The Hall–Kier alpha value is -3.29. The summed E-state index contributed by atoms with van der Waals surface area (Å²) in [6, 6.07) is 14.1. The molecule has 13 heteroatoms. The van der Waals surface area contributed by atoms with E-state index in [2.05, 4.69) is 31.3 Å². The van der Waals surface area contributed by atoms with Gasteiger partial charge in [0.05, 0.1) is 15.1 Å². The molecule has 2 heterocycles. The first-order valence-corrected chi connectivity index (χ1v) is 11.4. The third-order valence-corrected chi connectivity index (χ3v) is 6.21. The van der Waals surface area contributed by atoms with Gasteiger partial charge in [-0.05, 0) is 46.3 Å². The molecule has 3 N–H and O–H groups in total. The number of nitrogens with two attached hydrogens (primary N) is 1. The van der Waals surface area contributed by atoms with Crippen molar-refractivity contribution in [3.63, 3.8) is 0 Å². The molecule has 33 heavy (non-hydrogen) atoms. The molecule has 0 radical (unpaired) electrons. The predicted molar refractivity (Wildman–Crippen MR) is 117 cm³/mol. The maximum absolute atomic E-state index is 13.8. The van der Waals surface area contributed by atoms with Crippen molar-refractivity contribution in [1.29, 1.82) is 0 Å². The molecule has 8 nitrogen and oxygen atoms in total. The van der Waals surface area contributed by atoms with E-state index in [4.69, 9.17) is 5.14 Å². The quantitative estimate of drug-likeness (QED) is 0.405. The van der Waals surface area contributed by atoms with Crippen molar-refractivity contribution < 1.29 is 26.4 Å². The van der Waals surface area contributed by atoms with Crippen molar-refractivity contribution in [2.24, 2.45) is 5.14 Å². The number of primary sulfonamides is 1. The van der Waals surface area contributed by atoms with E-state index in [0.717, 1.165) is 6.07 Å². The number of rotatable bonds is 4. The molecule has 2 aromatic carbocycles. The van der Waals surface area contributed by atoms with Gasteiger partial charge in [-0.1, -0.05) is 30.3 Å². The second-order valence-electron chi connectivity index (χ2n) is 6.81. The zero-order valence-electron chi connectivity index (χ0n) is 16.3. The van der Waals surface area contributed by atoms with Crippen molar-refractivity contribution in [3.8, 4) is 11.3 Å². The van der Waals surface area contributed by atoms with Gasteiger partial charge in [0.1, 0.15) is 0 Å². The second kappa shape index (κ2) is 8.24. The van der Waals surface area contributed by atoms with Crippen LogP contribution in [0.25, 0.3) is 16.9 Å². The number of carbonyl (C=O) groups is 1. The van der Waals surface area contributed by atoms with Gasteiger partial charge < -0.3 is 5.32 Å². The third kappa shape index (κ3) is 4.60. The molecule has 0 unspecified atom stereocenters. The Balaban J connectivity index is 1.77. The average molecular weight is 540 g/mol. The minimum Gasteiger partial charge on any atom is -0.321 e. The molecule has 0 saturated carbocycles. The highest BCUT2D eigenvalue weighted by Gasteiger charge is 2.36. The van der Waals surface area contributed by atoms with Crippen LogP contribution in [0.1, 0.15) is 16.2 Å². The lowest BCUT2D eigenvalue weighted by atomic mass is 10.1. The highest BCUT2D eigenvalue weighted by Crippen LogP contribution is 2.34. The molecule has 0 atom stereocenters. The number of fused-ring (bicyclic) bond motifs is 1. The molecule has 0 saturated heterocycles. The van der Waals surface area contributed by atoms with E-state index in [0.29, 0.717) is 10.1 Å². The minimum atomic E-state index is -4.77. The fourth-order valence-corrected chi connectivity index (χ4v) is 4.05. The first-order valence-electron chi connectivity index (χ1n) is 9.11. The van der Waals surface area contributed by atoms with Crippen LogP contribution in [0, 0.1) is 0 Å². The van der Waals surface area contributed by atoms with E-state index >= 15 is 0 Å². The molecule has 0 aliphatic rings. The molecule has 0 fully saturated rings. The van der Waals surface area contributed by atoms with Crippen LogP contribution in [0.2, 0.25) is 0 Å². The number of amides is 1. The molecule has 170 valence electrons. The summed E-state index contributed by atoms with van der Waals surface area (Å²) in [7, 11) is -3.92. The van der Waals surface area contributed by atoms with Crippen LogP contribution in [0.15, 0.2) is 70.0 Å². The minimum absolute atomic E-state index is 0.0376. The van der Waals surface area contributed by atoms with Gasteiger partial charge >= 0.3 is 6.18 Å². The lowest BCUT2D eigenvalue weighted by Crippen LogP contribution is -2.16. The highest BCUT2D eigenvalue weighted by atomic mass is 79.9. The van der Waals surface area contributed by atoms with Crippen LogP contribution in [-0.2, 0) is 16.2 Å². The molecule has 2 aromatic heterocycles. The summed E-state index contributed by atoms with van der Waals surface area (Å²) >= 11 is 3.14. The topological polar surface area (TPSA) is 119 Å². The molecular formula is C20H13BrF3N5O3S. The van der Waals surface area contributed by atoms with E-state index in [1.54, 1.807) is 30.3 Å². The molecule has 0 aliphatic carbocycles. The monoisotopic (exact) mass is 539 g/mol. The molecule has 4 aromatic rings. The first-order chi connectivity index (χ1) is 15.4. The van der Waals surface area contributed by atoms with Gasteiger partial charge in [0.25, 0.3) is 5.91 Å². The number of hydrogen-bond acceptors (Lipinski definition) is 5. The van der Waals surface area contributed by atoms with Crippen LogP contribution in [0.5, 0.6) is 0 Å². The summed E-state index contributed by atoms with van der Waals surface area (Å²) in [6.45, 7) is 0. The van der Waals surface area contributed by atoms with Gasteiger partial charge in [-0.25, -0.2) is 23.1 Å². The maximum Gasteiger partial charge on any atom is 0.433 e. The SMILES string of the molecule is NS(=O)(=O)c1ccc(NC(=O)c2nn3c(C(F)(F)F)cc(-c4ccccc4)nc3c2Br)cc1.